The molecular formula is C15H11ClF2N2O2. The molecule has 2 N–H and O–H groups in total. The lowest BCUT2D eigenvalue weighted by atomic mass is 10.2. The summed E-state index contributed by atoms with van der Waals surface area (Å²) in [6.07, 6.45) is 0. The average molecular weight is 325 g/mol. The lowest BCUT2D eigenvalue weighted by Crippen LogP contribution is -2.35. The minimum absolute atomic E-state index is 0.0392. The number of hydrogen-bond acceptors (Lipinski definition) is 2. The Morgan fingerprint density at radius 1 is 1.05 bits per heavy atom. The highest BCUT2D eigenvalue weighted by Crippen LogP contribution is 2.16. The summed E-state index contributed by atoms with van der Waals surface area (Å²) in [6, 6.07) is 9.34. The molecule has 2 amide bonds. The van der Waals surface area contributed by atoms with Crippen molar-refractivity contribution < 1.29 is 18.4 Å². The van der Waals surface area contributed by atoms with Gasteiger partial charge in [-0.3, -0.25) is 9.59 Å². The molecule has 0 saturated carbocycles. The van der Waals surface area contributed by atoms with Gasteiger partial charge in [0.05, 0.1) is 5.69 Å². The Morgan fingerprint density at radius 3 is 2.50 bits per heavy atom. The van der Waals surface area contributed by atoms with Gasteiger partial charge in [-0.2, -0.15) is 0 Å². The summed E-state index contributed by atoms with van der Waals surface area (Å²) in [7, 11) is 0. The molecule has 4 nitrogen and oxygen atoms in total. The van der Waals surface area contributed by atoms with E-state index in [1.807, 2.05) is 5.32 Å². The first-order valence-corrected chi connectivity index (χ1v) is 6.63. The van der Waals surface area contributed by atoms with E-state index in [1.54, 1.807) is 24.3 Å². The van der Waals surface area contributed by atoms with E-state index in [0.29, 0.717) is 10.6 Å². The fraction of sp³-hybridized carbons (Fsp3) is 0.0667. The number of anilines is 1. The Morgan fingerprint density at radius 2 is 1.77 bits per heavy atom. The topological polar surface area (TPSA) is 58.2 Å². The van der Waals surface area contributed by atoms with Crippen molar-refractivity contribution in [3.8, 4) is 0 Å². The number of nitrogens with one attached hydrogen (secondary N) is 2. The summed E-state index contributed by atoms with van der Waals surface area (Å²) >= 11 is 5.91. The summed E-state index contributed by atoms with van der Waals surface area (Å²) < 4.78 is 26.3. The van der Waals surface area contributed by atoms with Crippen LogP contribution in [0.25, 0.3) is 0 Å². The maximum absolute atomic E-state index is 13.4. The smallest absolute Gasteiger partial charge is 0.313 e. The zero-order valence-corrected chi connectivity index (χ0v) is 12.0. The molecule has 2 rings (SSSR count). The number of carbonyl (C=O) groups excluding carboxylic acids is 2. The Balaban J connectivity index is 1.97. The van der Waals surface area contributed by atoms with Crippen molar-refractivity contribution in [3.05, 3.63) is 64.7 Å². The summed E-state index contributed by atoms with van der Waals surface area (Å²) in [5.41, 5.74) is 0.222. The molecule has 0 aliphatic rings. The summed E-state index contributed by atoms with van der Waals surface area (Å²) in [4.78, 5) is 23.3. The van der Waals surface area contributed by atoms with Gasteiger partial charge in [-0.05, 0) is 23.8 Å². The molecule has 114 valence electrons. The second-order valence-corrected chi connectivity index (χ2v) is 4.76. The predicted octanol–water partition coefficient (Wildman–Crippen LogP) is 2.87. The van der Waals surface area contributed by atoms with Crippen LogP contribution in [0.1, 0.15) is 5.56 Å². The van der Waals surface area contributed by atoms with E-state index in [-0.39, 0.29) is 6.54 Å². The fourth-order valence-electron chi connectivity index (χ4n) is 1.67. The van der Waals surface area contributed by atoms with Gasteiger partial charge in [0.1, 0.15) is 11.6 Å². The molecule has 0 radical (unpaired) electrons. The van der Waals surface area contributed by atoms with Gasteiger partial charge in [0.15, 0.2) is 0 Å². The first kappa shape index (κ1) is 15.9. The summed E-state index contributed by atoms with van der Waals surface area (Å²) in [5, 5.41) is 4.79. The van der Waals surface area contributed by atoms with Crippen LogP contribution >= 0.6 is 11.6 Å². The Hall–Kier alpha value is -2.47. The van der Waals surface area contributed by atoms with Crippen LogP contribution in [0.3, 0.4) is 0 Å². The number of rotatable bonds is 3. The van der Waals surface area contributed by atoms with E-state index < -0.39 is 29.1 Å². The van der Waals surface area contributed by atoms with Crippen molar-refractivity contribution in [2.45, 2.75) is 6.54 Å². The fourth-order valence-corrected chi connectivity index (χ4v) is 1.87. The van der Waals surface area contributed by atoms with Crippen molar-refractivity contribution in [1.29, 1.82) is 0 Å². The number of carbonyl (C=O) groups is 2. The van der Waals surface area contributed by atoms with Crippen LogP contribution in [0.4, 0.5) is 14.5 Å². The van der Waals surface area contributed by atoms with Gasteiger partial charge in [0.2, 0.25) is 0 Å². The van der Waals surface area contributed by atoms with Gasteiger partial charge in [-0.1, -0.05) is 29.8 Å². The molecule has 2 aromatic rings. The second kappa shape index (κ2) is 7.00. The van der Waals surface area contributed by atoms with Crippen molar-refractivity contribution >= 4 is 29.1 Å². The van der Waals surface area contributed by atoms with Crippen LogP contribution in [0.15, 0.2) is 42.5 Å². The minimum atomic E-state index is -1.10. The van der Waals surface area contributed by atoms with Crippen molar-refractivity contribution in [2.75, 3.05) is 5.32 Å². The monoisotopic (exact) mass is 324 g/mol. The molecule has 0 bridgehead atoms. The number of hydrogen-bond donors (Lipinski definition) is 2. The van der Waals surface area contributed by atoms with Crippen LogP contribution in [0.5, 0.6) is 0 Å². The maximum Gasteiger partial charge on any atom is 0.313 e. The van der Waals surface area contributed by atoms with Gasteiger partial charge in [-0.25, -0.2) is 8.78 Å². The number of halogens is 3. The van der Waals surface area contributed by atoms with E-state index in [9.17, 15) is 18.4 Å². The maximum atomic E-state index is 13.4. The third kappa shape index (κ3) is 4.02. The summed E-state index contributed by atoms with van der Waals surface area (Å²) in [6.45, 7) is 0.0392. The molecular weight excluding hydrogens is 314 g/mol. The lowest BCUT2D eigenvalue weighted by Gasteiger charge is -2.08. The van der Waals surface area contributed by atoms with Crippen LogP contribution in [-0.2, 0) is 16.1 Å². The molecule has 2 aromatic carbocycles. The third-order valence-corrected chi connectivity index (χ3v) is 3.15. The average Bonchev–Trinajstić information content (AvgIpc) is 2.49. The second-order valence-electron chi connectivity index (χ2n) is 4.35. The first-order chi connectivity index (χ1) is 10.5. The third-order valence-electron chi connectivity index (χ3n) is 2.78. The molecule has 7 heteroatoms. The highest BCUT2D eigenvalue weighted by Gasteiger charge is 2.16. The molecule has 0 atom stereocenters. The zero-order chi connectivity index (χ0) is 16.1. The van der Waals surface area contributed by atoms with E-state index in [2.05, 4.69) is 5.32 Å². The molecule has 0 aliphatic carbocycles. The van der Waals surface area contributed by atoms with Crippen LogP contribution < -0.4 is 10.6 Å². The Labute approximate surface area is 130 Å². The lowest BCUT2D eigenvalue weighted by molar-refractivity contribution is -0.136. The number of amides is 2. The first-order valence-electron chi connectivity index (χ1n) is 6.25. The van der Waals surface area contributed by atoms with Crippen LogP contribution in [-0.4, -0.2) is 11.8 Å². The van der Waals surface area contributed by atoms with E-state index in [1.165, 1.54) is 0 Å². The standard InChI is InChI=1S/C15H11ClF2N2O2/c16-11-4-2-1-3-9(11)8-19-14(21)15(22)20-13-7-10(17)5-6-12(13)18/h1-7H,8H2,(H,19,21)(H,20,22). The quantitative estimate of drug-likeness (QED) is 0.853. The highest BCUT2D eigenvalue weighted by atomic mass is 35.5. The van der Waals surface area contributed by atoms with Crippen molar-refractivity contribution in [3.63, 3.8) is 0 Å². The molecule has 0 saturated heterocycles. The molecule has 22 heavy (non-hydrogen) atoms. The van der Waals surface area contributed by atoms with Crippen molar-refractivity contribution in [1.82, 2.24) is 5.32 Å². The molecule has 0 heterocycles. The Kier molecular flexibility index (Phi) is 5.06. The van der Waals surface area contributed by atoms with Gasteiger partial charge >= 0.3 is 11.8 Å². The molecule has 0 fully saturated rings. The van der Waals surface area contributed by atoms with E-state index >= 15 is 0 Å². The predicted molar refractivity (Wildman–Crippen MR) is 78.3 cm³/mol. The van der Waals surface area contributed by atoms with Gasteiger partial charge < -0.3 is 10.6 Å². The SMILES string of the molecule is O=C(NCc1ccccc1Cl)C(=O)Nc1cc(F)ccc1F. The van der Waals surface area contributed by atoms with E-state index in [4.69, 9.17) is 11.6 Å². The van der Waals surface area contributed by atoms with Crippen LogP contribution in [0.2, 0.25) is 5.02 Å². The Bertz CT molecular complexity index is 722. The van der Waals surface area contributed by atoms with E-state index in [0.717, 1.165) is 18.2 Å². The van der Waals surface area contributed by atoms with Crippen LogP contribution in [0, 0.1) is 11.6 Å². The molecule has 0 unspecified atom stereocenters. The number of benzene rings is 2. The molecule has 0 aromatic heterocycles. The molecule has 0 aliphatic heterocycles. The minimum Gasteiger partial charge on any atom is -0.344 e. The highest BCUT2D eigenvalue weighted by molar-refractivity contribution is 6.39. The summed E-state index contributed by atoms with van der Waals surface area (Å²) in [5.74, 6) is -3.65. The normalized spacial score (nSPS) is 10.1. The van der Waals surface area contributed by atoms with Crippen molar-refractivity contribution in [2.24, 2.45) is 0 Å². The molecule has 0 spiro atoms. The zero-order valence-electron chi connectivity index (χ0n) is 11.2. The van der Waals surface area contributed by atoms with Gasteiger partial charge in [0.25, 0.3) is 0 Å². The van der Waals surface area contributed by atoms with Gasteiger partial charge in [0, 0.05) is 17.6 Å². The largest absolute Gasteiger partial charge is 0.344 e. The van der Waals surface area contributed by atoms with Gasteiger partial charge in [-0.15, -0.1) is 0 Å².